The Morgan fingerprint density at radius 1 is 0.853 bits per heavy atom. The number of hydrogen-bond acceptors (Lipinski definition) is 3. The summed E-state index contributed by atoms with van der Waals surface area (Å²) in [6.07, 6.45) is 0. The monoisotopic (exact) mass is 465 g/mol. The van der Waals surface area contributed by atoms with Crippen LogP contribution in [0.3, 0.4) is 0 Å². The van der Waals surface area contributed by atoms with Gasteiger partial charge in [-0.3, -0.25) is 0 Å². The van der Waals surface area contributed by atoms with E-state index in [1.165, 1.54) is 28.2 Å². The number of hydrogen-bond donors (Lipinski definition) is 0. The smallest absolute Gasteiger partial charge is 0.123 e. The molecule has 0 aliphatic heterocycles. The van der Waals surface area contributed by atoms with Crippen molar-refractivity contribution in [3.05, 3.63) is 125 Å². The van der Waals surface area contributed by atoms with Gasteiger partial charge in [-0.2, -0.15) is 0 Å². The van der Waals surface area contributed by atoms with Gasteiger partial charge in [-0.15, -0.1) is 16.9 Å². The summed E-state index contributed by atoms with van der Waals surface area (Å²) in [5.74, 6) is 0.452. The molecule has 5 aromatic rings. The molecule has 0 aliphatic rings. The molecule has 0 bridgehead atoms. The maximum atomic E-state index is 13.9. The van der Waals surface area contributed by atoms with Gasteiger partial charge in [-0.25, -0.2) is 9.07 Å². The fourth-order valence-corrected chi connectivity index (χ4v) is 5.03. The Hall–Kier alpha value is -3.70. The third-order valence-corrected chi connectivity index (χ3v) is 6.85. The maximum Gasteiger partial charge on any atom is 0.123 e. The Bertz CT molecular complexity index is 1470. The molecule has 0 unspecified atom stereocenters. The van der Waals surface area contributed by atoms with E-state index in [1.54, 1.807) is 11.8 Å². The van der Waals surface area contributed by atoms with E-state index < -0.39 is 0 Å². The number of aryl methyl sites for hydroxylation is 2. The quantitative estimate of drug-likeness (QED) is 0.193. The zero-order valence-electron chi connectivity index (χ0n) is 19.1. The summed E-state index contributed by atoms with van der Waals surface area (Å²) in [5, 5.41) is 8.97. The van der Waals surface area contributed by atoms with Crippen molar-refractivity contribution in [2.75, 3.05) is 5.75 Å². The molecule has 0 aliphatic carbocycles. The van der Waals surface area contributed by atoms with Crippen molar-refractivity contribution >= 4 is 34.1 Å². The average Bonchev–Trinajstić information content (AvgIpc) is 3.29. The van der Waals surface area contributed by atoms with Gasteiger partial charge in [0.2, 0.25) is 0 Å². The first-order valence-electron chi connectivity index (χ1n) is 11.2. The first kappa shape index (κ1) is 22.1. The molecule has 0 radical (unpaired) electrons. The molecule has 0 saturated heterocycles. The molecule has 0 atom stereocenters. The van der Waals surface area contributed by atoms with E-state index in [4.69, 9.17) is 0 Å². The third-order valence-electron chi connectivity index (χ3n) is 5.81. The molecule has 5 heteroatoms. The molecule has 3 nitrogen and oxygen atoms in total. The second kappa shape index (κ2) is 9.65. The van der Waals surface area contributed by atoms with E-state index in [9.17, 15) is 4.39 Å². The van der Waals surface area contributed by atoms with Crippen LogP contribution in [0.2, 0.25) is 0 Å². The van der Waals surface area contributed by atoms with E-state index in [0.717, 1.165) is 39.2 Å². The van der Waals surface area contributed by atoms with Gasteiger partial charge in [0.25, 0.3) is 0 Å². The van der Waals surface area contributed by atoms with Crippen LogP contribution >= 0.6 is 11.8 Å². The number of thioether (sulfide) groups is 1. The Labute approximate surface area is 203 Å². The summed E-state index contributed by atoms with van der Waals surface area (Å²) in [7, 11) is 0. The predicted molar refractivity (Wildman–Crippen MR) is 139 cm³/mol. The van der Waals surface area contributed by atoms with Gasteiger partial charge < -0.3 is 0 Å². The number of halogens is 1. The molecule has 4 aromatic carbocycles. The van der Waals surface area contributed by atoms with Crippen LogP contribution in [0.5, 0.6) is 0 Å². The second-order valence-corrected chi connectivity index (χ2v) is 9.29. The summed E-state index contributed by atoms with van der Waals surface area (Å²) in [4.78, 5) is 1.19. The van der Waals surface area contributed by atoms with E-state index in [-0.39, 0.29) is 5.82 Å². The first-order chi connectivity index (χ1) is 16.6. The van der Waals surface area contributed by atoms with Crippen LogP contribution in [0.1, 0.15) is 22.3 Å². The predicted octanol–water partition coefficient (Wildman–Crippen LogP) is 7.40. The molecule has 0 spiro atoms. The van der Waals surface area contributed by atoms with Crippen LogP contribution in [-0.2, 0) is 0 Å². The Morgan fingerprint density at radius 2 is 1.59 bits per heavy atom. The van der Waals surface area contributed by atoms with E-state index in [0.29, 0.717) is 0 Å². The van der Waals surface area contributed by atoms with Crippen molar-refractivity contribution in [2.45, 2.75) is 18.7 Å². The molecule has 0 N–H and O–H groups in total. The molecule has 1 aromatic heterocycles. The first-order valence-corrected chi connectivity index (χ1v) is 12.1. The fourth-order valence-electron chi connectivity index (χ4n) is 4.07. The molecule has 0 fully saturated rings. The minimum absolute atomic E-state index is 0.265. The molecule has 5 rings (SSSR count). The van der Waals surface area contributed by atoms with Gasteiger partial charge in [0.05, 0.1) is 11.2 Å². The van der Waals surface area contributed by atoms with Crippen molar-refractivity contribution in [2.24, 2.45) is 0 Å². The molecule has 0 saturated carbocycles. The van der Waals surface area contributed by atoms with Crippen LogP contribution in [0, 0.1) is 19.7 Å². The van der Waals surface area contributed by atoms with Crippen LogP contribution in [0.4, 0.5) is 4.39 Å². The van der Waals surface area contributed by atoms with Gasteiger partial charge in [0.1, 0.15) is 11.3 Å². The number of fused-ring (bicyclic) bond motifs is 1. The van der Waals surface area contributed by atoms with Gasteiger partial charge in [0.15, 0.2) is 0 Å². The van der Waals surface area contributed by atoms with Gasteiger partial charge in [-0.05, 0) is 79.1 Å². The second-order valence-electron chi connectivity index (χ2n) is 8.24. The zero-order chi connectivity index (χ0) is 23.5. The normalized spacial score (nSPS) is 12.1. The van der Waals surface area contributed by atoms with Crippen molar-refractivity contribution < 1.29 is 4.39 Å². The SMILES string of the molecule is Cc1ccc(C)c(/C(CSc2ccccc2)=C(\c2ccc(F)cc2)n2nnc3ccccc32)c1. The van der Waals surface area contributed by atoms with Crippen LogP contribution in [-0.4, -0.2) is 20.7 Å². The van der Waals surface area contributed by atoms with E-state index >= 15 is 0 Å². The molecule has 1 heterocycles. The minimum atomic E-state index is -0.265. The van der Waals surface area contributed by atoms with Crippen LogP contribution in [0.15, 0.2) is 102 Å². The Kier molecular flexibility index (Phi) is 6.28. The Balaban J connectivity index is 1.79. The minimum Gasteiger partial charge on any atom is -0.212 e. The lowest BCUT2D eigenvalue weighted by Crippen LogP contribution is -2.08. The lowest BCUT2D eigenvalue weighted by Gasteiger charge is -2.19. The summed E-state index contributed by atoms with van der Waals surface area (Å²) < 4.78 is 15.8. The highest BCUT2D eigenvalue weighted by Gasteiger charge is 2.19. The largest absolute Gasteiger partial charge is 0.212 e. The number of nitrogens with zero attached hydrogens (tertiary/aromatic N) is 3. The van der Waals surface area contributed by atoms with Crippen molar-refractivity contribution in [3.8, 4) is 0 Å². The van der Waals surface area contributed by atoms with E-state index in [2.05, 4.69) is 66.6 Å². The highest BCUT2D eigenvalue weighted by molar-refractivity contribution is 7.99. The highest BCUT2D eigenvalue weighted by atomic mass is 32.2. The molecule has 34 heavy (non-hydrogen) atoms. The standard InChI is InChI=1S/C29H24FN3S/c1-20-12-13-21(2)25(18-20)26(19-34-24-8-4-3-5-9-24)29(22-14-16-23(30)17-15-22)33-28-11-7-6-10-27(28)31-32-33/h3-18H,19H2,1-2H3/b29-26+. The van der Waals surface area contributed by atoms with Crippen molar-refractivity contribution in [1.29, 1.82) is 0 Å². The number of rotatable bonds is 6. The zero-order valence-corrected chi connectivity index (χ0v) is 19.9. The summed E-state index contributed by atoms with van der Waals surface area (Å²) in [6, 6.07) is 31.4. The number of para-hydroxylation sites is 1. The summed E-state index contributed by atoms with van der Waals surface area (Å²) in [6.45, 7) is 4.23. The van der Waals surface area contributed by atoms with Gasteiger partial charge >= 0.3 is 0 Å². The maximum absolute atomic E-state index is 13.9. The molecule has 0 amide bonds. The fraction of sp³-hybridized carbons (Fsp3) is 0.103. The van der Waals surface area contributed by atoms with E-state index in [1.807, 2.05) is 47.1 Å². The lowest BCUT2D eigenvalue weighted by atomic mass is 9.95. The summed E-state index contributed by atoms with van der Waals surface area (Å²) in [5.41, 5.74) is 8.17. The van der Waals surface area contributed by atoms with Crippen LogP contribution in [0.25, 0.3) is 22.3 Å². The average molecular weight is 466 g/mol. The topological polar surface area (TPSA) is 30.7 Å². The third kappa shape index (κ3) is 4.52. The van der Waals surface area contributed by atoms with Gasteiger partial charge in [0, 0.05) is 16.2 Å². The Morgan fingerprint density at radius 3 is 2.38 bits per heavy atom. The van der Waals surface area contributed by atoms with Crippen LogP contribution < -0.4 is 0 Å². The van der Waals surface area contributed by atoms with Gasteiger partial charge in [-0.1, -0.05) is 59.3 Å². The molecule has 168 valence electrons. The summed E-state index contributed by atoms with van der Waals surface area (Å²) >= 11 is 1.77. The number of benzene rings is 4. The number of aromatic nitrogens is 3. The highest BCUT2D eigenvalue weighted by Crippen LogP contribution is 2.36. The van der Waals surface area contributed by atoms with Crippen molar-refractivity contribution in [1.82, 2.24) is 15.0 Å². The molecular formula is C29H24FN3S. The molecular weight excluding hydrogens is 441 g/mol. The lowest BCUT2D eigenvalue weighted by molar-refractivity contribution is 0.627. The van der Waals surface area contributed by atoms with Crippen molar-refractivity contribution in [3.63, 3.8) is 0 Å².